The van der Waals surface area contributed by atoms with Crippen molar-refractivity contribution in [2.45, 2.75) is 19.4 Å². The van der Waals surface area contributed by atoms with Crippen LogP contribution in [0.2, 0.25) is 0 Å². The summed E-state index contributed by atoms with van der Waals surface area (Å²) in [5.74, 6) is 1.23. The first kappa shape index (κ1) is 15.2. The van der Waals surface area contributed by atoms with Crippen molar-refractivity contribution >= 4 is 15.9 Å². The van der Waals surface area contributed by atoms with E-state index in [0.29, 0.717) is 24.7 Å². The smallest absolute Gasteiger partial charge is 0.228 e. The fourth-order valence-corrected chi connectivity index (χ4v) is 2.46. The molecular weight excluding hydrogens is 322 g/mol. The minimum Gasteiger partial charge on any atom is -0.383 e. The molecule has 0 saturated carbocycles. The van der Waals surface area contributed by atoms with Crippen LogP contribution in [0.1, 0.15) is 11.5 Å². The number of methoxy groups -OCH3 is 1. The predicted octanol–water partition coefficient (Wildman–Crippen LogP) is 2.58. The summed E-state index contributed by atoms with van der Waals surface area (Å²) in [6, 6.07) is 6.16. The van der Waals surface area contributed by atoms with Gasteiger partial charge in [0.05, 0.1) is 6.61 Å². The van der Waals surface area contributed by atoms with Crippen LogP contribution in [-0.4, -0.2) is 36.9 Å². The van der Waals surface area contributed by atoms with Crippen molar-refractivity contribution in [1.29, 1.82) is 0 Å². The van der Waals surface area contributed by atoms with Crippen molar-refractivity contribution in [3.63, 3.8) is 0 Å². The van der Waals surface area contributed by atoms with E-state index in [0.717, 1.165) is 15.6 Å². The SMILES string of the molecule is CNC(COC)Cc1nc(-c2ccc(Br)cc2C)no1. The van der Waals surface area contributed by atoms with Gasteiger partial charge in [-0.2, -0.15) is 4.98 Å². The number of likely N-dealkylation sites (N-methyl/N-ethyl adjacent to an activating group) is 1. The summed E-state index contributed by atoms with van der Waals surface area (Å²) in [6.07, 6.45) is 0.646. The van der Waals surface area contributed by atoms with Gasteiger partial charge in [0.1, 0.15) is 0 Å². The average Bonchev–Trinajstić information content (AvgIpc) is 2.86. The number of nitrogens with zero attached hydrogens (tertiary/aromatic N) is 2. The zero-order valence-corrected chi connectivity index (χ0v) is 13.4. The molecule has 5 nitrogen and oxygen atoms in total. The summed E-state index contributed by atoms with van der Waals surface area (Å²) in [5, 5.41) is 7.21. The van der Waals surface area contributed by atoms with E-state index in [4.69, 9.17) is 9.26 Å². The van der Waals surface area contributed by atoms with Crippen molar-refractivity contribution < 1.29 is 9.26 Å². The van der Waals surface area contributed by atoms with Gasteiger partial charge in [-0.1, -0.05) is 21.1 Å². The van der Waals surface area contributed by atoms with Crippen LogP contribution in [0.5, 0.6) is 0 Å². The zero-order chi connectivity index (χ0) is 14.5. The van der Waals surface area contributed by atoms with Gasteiger partial charge in [0.2, 0.25) is 11.7 Å². The van der Waals surface area contributed by atoms with Gasteiger partial charge in [0, 0.05) is 29.6 Å². The standard InChI is InChI=1S/C14H18BrN3O2/c1-9-6-10(15)4-5-12(9)14-17-13(20-18-14)7-11(16-2)8-19-3/h4-6,11,16H,7-8H2,1-3H3. The summed E-state index contributed by atoms with van der Waals surface area (Å²) in [7, 11) is 3.56. The van der Waals surface area contributed by atoms with E-state index < -0.39 is 0 Å². The maximum Gasteiger partial charge on any atom is 0.228 e. The van der Waals surface area contributed by atoms with Gasteiger partial charge in [0.25, 0.3) is 0 Å². The summed E-state index contributed by atoms with van der Waals surface area (Å²) < 4.78 is 11.5. The van der Waals surface area contributed by atoms with E-state index in [1.807, 2.05) is 32.2 Å². The molecular formula is C14H18BrN3O2. The lowest BCUT2D eigenvalue weighted by molar-refractivity contribution is 0.165. The Hall–Kier alpha value is -1.24. The van der Waals surface area contributed by atoms with Crippen LogP contribution >= 0.6 is 15.9 Å². The molecule has 1 aromatic heterocycles. The number of hydrogen-bond acceptors (Lipinski definition) is 5. The molecule has 0 radical (unpaired) electrons. The lowest BCUT2D eigenvalue weighted by Crippen LogP contribution is -2.32. The van der Waals surface area contributed by atoms with Gasteiger partial charge in [-0.3, -0.25) is 0 Å². The number of nitrogens with one attached hydrogen (secondary N) is 1. The van der Waals surface area contributed by atoms with Crippen LogP contribution in [0, 0.1) is 6.92 Å². The normalized spacial score (nSPS) is 12.6. The minimum atomic E-state index is 0.166. The van der Waals surface area contributed by atoms with E-state index in [9.17, 15) is 0 Å². The van der Waals surface area contributed by atoms with Gasteiger partial charge in [0.15, 0.2) is 0 Å². The van der Waals surface area contributed by atoms with Gasteiger partial charge >= 0.3 is 0 Å². The first-order chi connectivity index (χ1) is 9.63. The summed E-state index contributed by atoms with van der Waals surface area (Å²) in [4.78, 5) is 4.45. The molecule has 0 saturated heterocycles. The maximum atomic E-state index is 5.31. The Bertz CT molecular complexity index is 571. The average molecular weight is 340 g/mol. The Morgan fingerprint density at radius 3 is 2.90 bits per heavy atom. The zero-order valence-electron chi connectivity index (χ0n) is 11.8. The third-order valence-electron chi connectivity index (χ3n) is 3.09. The van der Waals surface area contributed by atoms with Crippen LogP contribution < -0.4 is 5.32 Å². The lowest BCUT2D eigenvalue weighted by atomic mass is 10.1. The number of hydrogen-bond donors (Lipinski definition) is 1. The summed E-state index contributed by atoms with van der Waals surface area (Å²) in [6.45, 7) is 2.63. The molecule has 0 spiro atoms. The molecule has 0 amide bonds. The number of aromatic nitrogens is 2. The Kier molecular flexibility index (Phi) is 5.28. The Morgan fingerprint density at radius 2 is 2.25 bits per heavy atom. The number of aryl methyl sites for hydroxylation is 1. The van der Waals surface area contributed by atoms with E-state index >= 15 is 0 Å². The van der Waals surface area contributed by atoms with Crippen LogP contribution in [0.15, 0.2) is 27.2 Å². The van der Waals surface area contributed by atoms with Gasteiger partial charge in [-0.25, -0.2) is 0 Å². The van der Waals surface area contributed by atoms with Gasteiger partial charge in [-0.15, -0.1) is 0 Å². The molecule has 1 aromatic carbocycles. The summed E-state index contributed by atoms with van der Waals surface area (Å²) in [5.41, 5.74) is 2.09. The molecule has 1 heterocycles. The fraction of sp³-hybridized carbons (Fsp3) is 0.429. The van der Waals surface area contributed by atoms with E-state index in [1.165, 1.54) is 0 Å². The van der Waals surface area contributed by atoms with Crippen molar-refractivity contribution in [1.82, 2.24) is 15.5 Å². The molecule has 1 unspecified atom stereocenters. The molecule has 0 bridgehead atoms. The lowest BCUT2D eigenvalue weighted by Gasteiger charge is -2.11. The molecule has 20 heavy (non-hydrogen) atoms. The molecule has 1 N–H and O–H groups in total. The number of rotatable bonds is 6. The quantitative estimate of drug-likeness (QED) is 0.876. The Balaban J connectivity index is 2.16. The van der Waals surface area contributed by atoms with Crippen LogP contribution in [0.3, 0.4) is 0 Å². The van der Waals surface area contributed by atoms with E-state index in [2.05, 4.69) is 31.4 Å². The Morgan fingerprint density at radius 1 is 1.45 bits per heavy atom. The van der Waals surface area contributed by atoms with Crippen molar-refractivity contribution in [2.75, 3.05) is 20.8 Å². The van der Waals surface area contributed by atoms with Crippen molar-refractivity contribution in [2.24, 2.45) is 0 Å². The molecule has 2 aromatic rings. The van der Waals surface area contributed by atoms with Crippen molar-refractivity contribution in [3.05, 3.63) is 34.1 Å². The Labute approximate surface area is 126 Å². The minimum absolute atomic E-state index is 0.166. The highest BCUT2D eigenvalue weighted by molar-refractivity contribution is 9.10. The fourth-order valence-electron chi connectivity index (χ4n) is 1.98. The molecule has 0 aliphatic heterocycles. The molecule has 0 aliphatic rings. The van der Waals surface area contributed by atoms with E-state index in [-0.39, 0.29) is 6.04 Å². The molecule has 108 valence electrons. The second-order valence-corrected chi connectivity index (χ2v) is 5.53. The van der Waals surface area contributed by atoms with Crippen molar-refractivity contribution in [3.8, 4) is 11.4 Å². The molecule has 0 aliphatic carbocycles. The number of ether oxygens (including phenoxy) is 1. The van der Waals surface area contributed by atoms with Crippen LogP contribution in [-0.2, 0) is 11.2 Å². The highest BCUT2D eigenvalue weighted by Gasteiger charge is 2.15. The topological polar surface area (TPSA) is 60.2 Å². The van der Waals surface area contributed by atoms with Crippen LogP contribution in [0.4, 0.5) is 0 Å². The predicted molar refractivity (Wildman–Crippen MR) is 80.6 cm³/mol. The first-order valence-electron chi connectivity index (χ1n) is 6.39. The number of halogens is 1. The summed E-state index contributed by atoms with van der Waals surface area (Å²) >= 11 is 3.45. The molecule has 2 rings (SSSR count). The molecule has 0 fully saturated rings. The van der Waals surface area contributed by atoms with Gasteiger partial charge in [-0.05, 0) is 37.7 Å². The first-order valence-corrected chi connectivity index (χ1v) is 7.18. The molecule has 6 heteroatoms. The highest BCUT2D eigenvalue weighted by Crippen LogP contribution is 2.24. The largest absolute Gasteiger partial charge is 0.383 e. The van der Waals surface area contributed by atoms with Crippen LogP contribution in [0.25, 0.3) is 11.4 Å². The van der Waals surface area contributed by atoms with Gasteiger partial charge < -0.3 is 14.6 Å². The molecule has 1 atom stereocenters. The third-order valence-corrected chi connectivity index (χ3v) is 3.59. The maximum absolute atomic E-state index is 5.31. The van der Waals surface area contributed by atoms with E-state index in [1.54, 1.807) is 7.11 Å². The second-order valence-electron chi connectivity index (χ2n) is 4.62. The second kappa shape index (κ2) is 6.97. The highest BCUT2D eigenvalue weighted by atomic mass is 79.9. The third kappa shape index (κ3) is 3.65. The number of benzene rings is 1. The monoisotopic (exact) mass is 339 g/mol.